The molecule has 0 aliphatic carbocycles. The van der Waals surface area contributed by atoms with Crippen molar-refractivity contribution in [1.29, 1.82) is 0 Å². The summed E-state index contributed by atoms with van der Waals surface area (Å²) in [6.45, 7) is 6.49. The Hall–Kier alpha value is -2.22. The van der Waals surface area contributed by atoms with E-state index in [1.165, 1.54) is 22.5 Å². The molecule has 1 heterocycles. The highest BCUT2D eigenvalue weighted by molar-refractivity contribution is 5.61. The van der Waals surface area contributed by atoms with Gasteiger partial charge in [0.25, 0.3) is 0 Å². The summed E-state index contributed by atoms with van der Waals surface area (Å²) in [5.74, 6) is 0. The summed E-state index contributed by atoms with van der Waals surface area (Å²) in [4.78, 5) is 4.69. The van der Waals surface area contributed by atoms with E-state index in [2.05, 4.69) is 91.5 Å². The molecule has 2 aromatic rings. The van der Waals surface area contributed by atoms with Crippen molar-refractivity contribution in [3.8, 4) is 0 Å². The first kappa shape index (κ1) is 13.7. The van der Waals surface area contributed by atoms with E-state index in [1.54, 1.807) is 0 Å². The van der Waals surface area contributed by atoms with Crippen molar-refractivity contribution in [3.63, 3.8) is 0 Å². The monoisotopic (exact) mass is 278 g/mol. The standard InChI is InChI=1S/C19H22N2/c1-4-19-20(17-9-5-15(2)6-10-17)13-14-21(19)18-11-7-16(3)8-12-18/h5-14,19H,4H2,1-3H3. The number of benzene rings is 2. The van der Waals surface area contributed by atoms with Gasteiger partial charge in [-0.3, -0.25) is 0 Å². The van der Waals surface area contributed by atoms with Gasteiger partial charge in [-0.25, -0.2) is 0 Å². The van der Waals surface area contributed by atoms with E-state index < -0.39 is 0 Å². The highest BCUT2D eigenvalue weighted by atomic mass is 15.4. The third kappa shape index (κ3) is 2.66. The Labute approximate surface area is 127 Å². The molecule has 3 rings (SSSR count). The minimum Gasteiger partial charge on any atom is -0.325 e. The first-order chi connectivity index (χ1) is 10.2. The van der Waals surface area contributed by atoms with Gasteiger partial charge in [0.05, 0.1) is 0 Å². The molecule has 0 fully saturated rings. The fourth-order valence-corrected chi connectivity index (χ4v) is 2.82. The molecule has 0 amide bonds. The molecular weight excluding hydrogens is 256 g/mol. The topological polar surface area (TPSA) is 6.48 Å². The minimum atomic E-state index is 0.343. The van der Waals surface area contributed by atoms with E-state index in [1.807, 2.05) is 0 Å². The Morgan fingerprint density at radius 1 is 0.714 bits per heavy atom. The Balaban J connectivity index is 1.88. The van der Waals surface area contributed by atoms with Crippen LogP contribution in [0.5, 0.6) is 0 Å². The smallest absolute Gasteiger partial charge is 0.110 e. The van der Waals surface area contributed by atoms with Crippen molar-refractivity contribution in [2.24, 2.45) is 0 Å². The lowest BCUT2D eigenvalue weighted by Gasteiger charge is -2.32. The molecular formula is C19H22N2. The van der Waals surface area contributed by atoms with E-state index in [4.69, 9.17) is 0 Å². The maximum absolute atomic E-state index is 2.35. The van der Waals surface area contributed by atoms with Crippen LogP contribution in [-0.2, 0) is 0 Å². The quantitative estimate of drug-likeness (QED) is 0.793. The third-order valence-electron chi connectivity index (χ3n) is 4.06. The number of aryl methyl sites for hydroxylation is 2. The maximum Gasteiger partial charge on any atom is 0.110 e. The van der Waals surface area contributed by atoms with Gasteiger partial charge in [0.1, 0.15) is 6.17 Å². The predicted octanol–water partition coefficient (Wildman–Crippen LogP) is 4.84. The average molecular weight is 278 g/mol. The van der Waals surface area contributed by atoms with Crippen molar-refractivity contribution in [3.05, 3.63) is 72.1 Å². The summed E-state index contributed by atoms with van der Waals surface area (Å²) in [5, 5.41) is 0. The van der Waals surface area contributed by atoms with Crippen LogP contribution in [0, 0.1) is 13.8 Å². The average Bonchev–Trinajstić information content (AvgIpc) is 2.92. The van der Waals surface area contributed by atoms with Crippen molar-refractivity contribution in [1.82, 2.24) is 0 Å². The van der Waals surface area contributed by atoms with E-state index in [0.29, 0.717) is 6.17 Å². The van der Waals surface area contributed by atoms with Crippen LogP contribution in [0.1, 0.15) is 24.5 Å². The molecule has 0 N–H and O–H groups in total. The third-order valence-corrected chi connectivity index (χ3v) is 4.06. The summed E-state index contributed by atoms with van der Waals surface area (Å²) >= 11 is 0. The summed E-state index contributed by atoms with van der Waals surface area (Å²) in [6.07, 6.45) is 5.77. The maximum atomic E-state index is 2.35. The Morgan fingerprint density at radius 3 is 1.43 bits per heavy atom. The van der Waals surface area contributed by atoms with Gasteiger partial charge >= 0.3 is 0 Å². The summed E-state index contributed by atoms with van der Waals surface area (Å²) in [7, 11) is 0. The molecule has 0 atom stereocenters. The zero-order valence-corrected chi connectivity index (χ0v) is 13.0. The SMILES string of the molecule is CCC1N(c2ccc(C)cc2)C=CN1c1ccc(C)cc1. The van der Waals surface area contributed by atoms with Gasteiger partial charge in [-0.2, -0.15) is 0 Å². The largest absolute Gasteiger partial charge is 0.325 e. The van der Waals surface area contributed by atoms with Crippen LogP contribution in [0.15, 0.2) is 60.9 Å². The van der Waals surface area contributed by atoms with Gasteiger partial charge in [0.2, 0.25) is 0 Å². The van der Waals surface area contributed by atoms with Crippen molar-refractivity contribution < 1.29 is 0 Å². The Bertz CT molecular complexity index is 570. The van der Waals surface area contributed by atoms with Crippen LogP contribution in [0.25, 0.3) is 0 Å². The molecule has 0 radical (unpaired) electrons. The van der Waals surface area contributed by atoms with Crippen molar-refractivity contribution >= 4 is 11.4 Å². The number of hydrogen-bond donors (Lipinski definition) is 0. The second-order valence-corrected chi connectivity index (χ2v) is 5.67. The Kier molecular flexibility index (Phi) is 3.70. The molecule has 1 aliphatic heterocycles. The molecule has 1 aliphatic rings. The molecule has 0 bridgehead atoms. The number of nitrogens with zero attached hydrogens (tertiary/aromatic N) is 2. The van der Waals surface area contributed by atoms with Crippen LogP contribution in [0.4, 0.5) is 11.4 Å². The van der Waals surface area contributed by atoms with Gasteiger partial charge in [-0.15, -0.1) is 0 Å². The lowest BCUT2D eigenvalue weighted by Crippen LogP contribution is -2.38. The van der Waals surface area contributed by atoms with Gasteiger partial charge < -0.3 is 9.80 Å². The fraction of sp³-hybridized carbons (Fsp3) is 0.263. The van der Waals surface area contributed by atoms with Crippen LogP contribution < -0.4 is 9.80 Å². The van der Waals surface area contributed by atoms with Gasteiger partial charge in [0, 0.05) is 23.8 Å². The number of anilines is 2. The molecule has 2 aromatic carbocycles. The zero-order valence-electron chi connectivity index (χ0n) is 13.0. The van der Waals surface area contributed by atoms with Gasteiger partial charge in [-0.1, -0.05) is 42.3 Å². The van der Waals surface area contributed by atoms with Crippen molar-refractivity contribution in [2.75, 3.05) is 9.80 Å². The summed E-state index contributed by atoms with van der Waals surface area (Å²) < 4.78 is 0. The van der Waals surface area contributed by atoms with Crippen LogP contribution in [0.3, 0.4) is 0 Å². The van der Waals surface area contributed by atoms with E-state index >= 15 is 0 Å². The number of hydrogen-bond acceptors (Lipinski definition) is 2. The van der Waals surface area contributed by atoms with E-state index in [0.717, 1.165) is 6.42 Å². The normalized spacial score (nSPS) is 15.0. The van der Waals surface area contributed by atoms with Crippen LogP contribution in [0.2, 0.25) is 0 Å². The Morgan fingerprint density at radius 2 is 1.10 bits per heavy atom. The summed E-state index contributed by atoms with van der Waals surface area (Å²) in [6, 6.07) is 17.5. The first-order valence-corrected chi connectivity index (χ1v) is 7.57. The molecule has 0 spiro atoms. The van der Waals surface area contributed by atoms with E-state index in [9.17, 15) is 0 Å². The molecule has 2 nitrogen and oxygen atoms in total. The van der Waals surface area contributed by atoms with Gasteiger partial charge in [-0.05, 0) is 44.5 Å². The highest BCUT2D eigenvalue weighted by Gasteiger charge is 2.26. The first-order valence-electron chi connectivity index (χ1n) is 7.57. The predicted molar refractivity (Wildman–Crippen MR) is 90.5 cm³/mol. The zero-order chi connectivity index (χ0) is 14.8. The molecule has 0 saturated heterocycles. The van der Waals surface area contributed by atoms with Gasteiger partial charge in [0.15, 0.2) is 0 Å². The second-order valence-electron chi connectivity index (χ2n) is 5.67. The summed E-state index contributed by atoms with van der Waals surface area (Å²) in [5.41, 5.74) is 5.09. The van der Waals surface area contributed by atoms with Crippen LogP contribution >= 0.6 is 0 Å². The van der Waals surface area contributed by atoms with Crippen LogP contribution in [-0.4, -0.2) is 6.17 Å². The molecule has 108 valence electrons. The fourth-order valence-electron chi connectivity index (χ4n) is 2.82. The molecule has 0 aromatic heterocycles. The number of rotatable bonds is 3. The minimum absolute atomic E-state index is 0.343. The molecule has 21 heavy (non-hydrogen) atoms. The molecule has 0 saturated carbocycles. The lowest BCUT2D eigenvalue weighted by atomic mass is 10.2. The van der Waals surface area contributed by atoms with E-state index in [-0.39, 0.29) is 0 Å². The molecule has 2 heteroatoms. The highest BCUT2D eigenvalue weighted by Crippen LogP contribution is 2.30. The lowest BCUT2D eigenvalue weighted by molar-refractivity contribution is 0.658. The second kappa shape index (κ2) is 5.65. The van der Waals surface area contributed by atoms with Crippen molar-refractivity contribution in [2.45, 2.75) is 33.4 Å². The molecule has 0 unspecified atom stereocenters.